The molecule has 0 saturated heterocycles. The Balaban J connectivity index is 2.35. The van der Waals surface area contributed by atoms with Crippen LogP contribution in [0.5, 0.6) is 0 Å². The van der Waals surface area contributed by atoms with E-state index in [1.807, 2.05) is 6.92 Å². The van der Waals surface area contributed by atoms with Crippen LogP contribution in [-0.2, 0) is 19.1 Å². The molecule has 18 heavy (non-hydrogen) atoms. The number of carbonyl (C=O) groups excluding carboxylic acids is 2. The van der Waals surface area contributed by atoms with Gasteiger partial charge in [0.25, 0.3) is 6.47 Å². The van der Waals surface area contributed by atoms with Crippen molar-refractivity contribution in [2.75, 3.05) is 13.2 Å². The Labute approximate surface area is 109 Å². The molecule has 0 aliphatic heterocycles. The van der Waals surface area contributed by atoms with Gasteiger partial charge in [-0.2, -0.15) is 0 Å². The summed E-state index contributed by atoms with van der Waals surface area (Å²) in [6.45, 7) is 7.11. The lowest BCUT2D eigenvalue weighted by Gasteiger charge is -2.37. The van der Waals surface area contributed by atoms with E-state index in [2.05, 4.69) is 18.6 Å². The average Bonchev–Trinajstić information content (AvgIpc) is 2.32. The zero-order valence-corrected chi connectivity index (χ0v) is 11.6. The molecule has 1 fully saturated rings. The van der Waals surface area contributed by atoms with Gasteiger partial charge in [-0.15, -0.1) is 0 Å². The number of hydrogen-bond donors (Lipinski definition) is 0. The van der Waals surface area contributed by atoms with Gasteiger partial charge in [-0.25, -0.2) is 0 Å². The Kier molecular flexibility index (Phi) is 5.63. The lowest BCUT2D eigenvalue weighted by Crippen LogP contribution is -2.31. The summed E-state index contributed by atoms with van der Waals surface area (Å²) in [5.41, 5.74) is 0.331. The highest BCUT2D eigenvalue weighted by Gasteiger charge is 2.34. The molecule has 0 aromatic carbocycles. The first-order chi connectivity index (χ1) is 8.46. The van der Waals surface area contributed by atoms with Crippen molar-refractivity contribution < 1.29 is 19.1 Å². The van der Waals surface area contributed by atoms with Gasteiger partial charge in [0.1, 0.15) is 13.2 Å². The maximum absolute atomic E-state index is 11.9. The van der Waals surface area contributed by atoms with Crippen molar-refractivity contribution in [3.63, 3.8) is 0 Å². The molecule has 0 aromatic heterocycles. The van der Waals surface area contributed by atoms with E-state index in [9.17, 15) is 9.59 Å². The third kappa shape index (κ3) is 4.67. The zero-order chi connectivity index (χ0) is 13.6. The van der Waals surface area contributed by atoms with Crippen LogP contribution in [0.2, 0.25) is 0 Å². The van der Waals surface area contributed by atoms with Crippen molar-refractivity contribution in [3.05, 3.63) is 0 Å². The summed E-state index contributed by atoms with van der Waals surface area (Å²) in [6, 6.07) is 0. The van der Waals surface area contributed by atoms with Crippen molar-refractivity contribution in [2.45, 2.75) is 46.5 Å². The Hall–Kier alpha value is -1.06. The quantitative estimate of drug-likeness (QED) is 0.416. The molecule has 0 bridgehead atoms. The van der Waals surface area contributed by atoms with Gasteiger partial charge < -0.3 is 9.47 Å². The highest BCUT2D eigenvalue weighted by atomic mass is 16.6. The fourth-order valence-electron chi connectivity index (χ4n) is 2.75. The number of carbonyl (C=O) groups is 2. The average molecular weight is 256 g/mol. The monoisotopic (exact) mass is 256 g/mol. The van der Waals surface area contributed by atoms with E-state index in [0.29, 0.717) is 17.8 Å². The molecule has 104 valence electrons. The summed E-state index contributed by atoms with van der Waals surface area (Å²) in [7, 11) is 0. The van der Waals surface area contributed by atoms with Gasteiger partial charge >= 0.3 is 5.97 Å². The fourth-order valence-corrected chi connectivity index (χ4v) is 2.75. The van der Waals surface area contributed by atoms with Crippen LogP contribution in [0.3, 0.4) is 0 Å². The van der Waals surface area contributed by atoms with Gasteiger partial charge in [0.15, 0.2) is 0 Å². The first-order valence-corrected chi connectivity index (χ1v) is 6.68. The summed E-state index contributed by atoms with van der Waals surface area (Å²) in [5.74, 6) is 0.168. The van der Waals surface area contributed by atoms with Crippen molar-refractivity contribution in [1.82, 2.24) is 0 Å². The van der Waals surface area contributed by atoms with Crippen molar-refractivity contribution in [3.8, 4) is 0 Å². The number of rotatable bonds is 6. The minimum atomic E-state index is -0.174. The van der Waals surface area contributed by atoms with E-state index in [0.717, 1.165) is 12.8 Å². The van der Waals surface area contributed by atoms with E-state index >= 15 is 0 Å². The Morgan fingerprint density at radius 3 is 2.78 bits per heavy atom. The van der Waals surface area contributed by atoms with Gasteiger partial charge in [0, 0.05) is 0 Å². The highest BCUT2D eigenvalue weighted by Crippen LogP contribution is 2.41. The maximum atomic E-state index is 11.9. The van der Waals surface area contributed by atoms with Gasteiger partial charge in [-0.05, 0) is 30.6 Å². The molecule has 0 radical (unpaired) electrons. The molecule has 2 unspecified atom stereocenters. The van der Waals surface area contributed by atoms with Crippen molar-refractivity contribution in [2.24, 2.45) is 17.3 Å². The molecule has 1 aliphatic carbocycles. The number of ether oxygens (including phenoxy) is 2. The van der Waals surface area contributed by atoms with E-state index in [4.69, 9.17) is 4.74 Å². The molecule has 4 nitrogen and oxygen atoms in total. The Morgan fingerprint density at radius 1 is 1.44 bits per heavy atom. The third-order valence-electron chi connectivity index (χ3n) is 3.84. The Morgan fingerprint density at radius 2 is 2.17 bits per heavy atom. The lowest BCUT2D eigenvalue weighted by molar-refractivity contribution is -0.153. The molecule has 4 heteroatoms. The second-order valence-corrected chi connectivity index (χ2v) is 5.94. The first kappa shape index (κ1) is 15.0. The van der Waals surface area contributed by atoms with Crippen molar-refractivity contribution >= 4 is 12.4 Å². The van der Waals surface area contributed by atoms with Crippen LogP contribution in [0.25, 0.3) is 0 Å². The van der Waals surface area contributed by atoms with Crippen LogP contribution in [0, 0.1) is 17.3 Å². The molecule has 1 rings (SSSR count). The third-order valence-corrected chi connectivity index (χ3v) is 3.84. The van der Waals surface area contributed by atoms with Crippen molar-refractivity contribution in [1.29, 1.82) is 0 Å². The normalized spacial score (nSPS) is 24.1. The molecule has 2 atom stereocenters. The summed E-state index contributed by atoms with van der Waals surface area (Å²) < 4.78 is 9.59. The molecule has 0 amide bonds. The summed E-state index contributed by atoms with van der Waals surface area (Å²) >= 11 is 0. The minimum absolute atomic E-state index is 0.0687. The predicted molar refractivity (Wildman–Crippen MR) is 67.9 cm³/mol. The van der Waals surface area contributed by atoms with Crippen LogP contribution in [0.4, 0.5) is 0 Å². The van der Waals surface area contributed by atoms with E-state index in [1.165, 1.54) is 12.8 Å². The second kappa shape index (κ2) is 6.76. The topological polar surface area (TPSA) is 52.6 Å². The molecule has 0 heterocycles. The van der Waals surface area contributed by atoms with Gasteiger partial charge in [-0.3, -0.25) is 9.59 Å². The highest BCUT2D eigenvalue weighted by molar-refractivity contribution is 5.72. The first-order valence-electron chi connectivity index (χ1n) is 6.68. The molecular formula is C14H24O4. The van der Waals surface area contributed by atoms with Crippen LogP contribution >= 0.6 is 0 Å². The largest absolute Gasteiger partial charge is 0.464 e. The van der Waals surface area contributed by atoms with Crippen LogP contribution in [0.15, 0.2) is 0 Å². The number of hydrogen-bond acceptors (Lipinski definition) is 4. The predicted octanol–water partition coefficient (Wildman–Crippen LogP) is 2.56. The van der Waals surface area contributed by atoms with Gasteiger partial charge in [0.05, 0.1) is 5.92 Å². The van der Waals surface area contributed by atoms with E-state index in [1.54, 1.807) is 0 Å². The lowest BCUT2D eigenvalue weighted by atomic mass is 9.68. The fraction of sp³-hybridized carbons (Fsp3) is 0.857. The standard InChI is InChI=1S/C14H24O4/c1-11(13(16)18-8-7-17-10-15)12-5-4-6-14(2,3)9-12/h10-12H,4-9H2,1-3H3. The molecule has 0 spiro atoms. The van der Waals surface area contributed by atoms with Crippen LogP contribution < -0.4 is 0 Å². The molecule has 0 N–H and O–H groups in total. The second-order valence-electron chi connectivity index (χ2n) is 5.94. The Bertz CT molecular complexity index is 286. The van der Waals surface area contributed by atoms with E-state index in [-0.39, 0.29) is 25.1 Å². The van der Waals surface area contributed by atoms with Crippen LogP contribution in [-0.4, -0.2) is 25.7 Å². The smallest absolute Gasteiger partial charge is 0.309 e. The van der Waals surface area contributed by atoms with Gasteiger partial charge in [-0.1, -0.05) is 27.2 Å². The summed E-state index contributed by atoms with van der Waals surface area (Å²) in [5, 5.41) is 0. The van der Waals surface area contributed by atoms with E-state index < -0.39 is 0 Å². The summed E-state index contributed by atoms with van der Waals surface area (Å²) in [6.07, 6.45) is 4.60. The molecular weight excluding hydrogens is 232 g/mol. The molecule has 1 aliphatic rings. The molecule has 0 aromatic rings. The van der Waals surface area contributed by atoms with Crippen LogP contribution in [0.1, 0.15) is 46.5 Å². The minimum Gasteiger partial charge on any atom is -0.464 e. The zero-order valence-electron chi connectivity index (χ0n) is 11.6. The summed E-state index contributed by atoms with van der Waals surface area (Å²) in [4.78, 5) is 21.8. The molecule has 1 saturated carbocycles. The maximum Gasteiger partial charge on any atom is 0.309 e. The number of esters is 1. The van der Waals surface area contributed by atoms with Gasteiger partial charge in [0.2, 0.25) is 0 Å². The SMILES string of the molecule is CC(C(=O)OCCOC=O)C1CCCC(C)(C)C1.